The maximum Gasteiger partial charge on any atom is 0.357 e. The molecule has 0 aromatic carbocycles. The summed E-state index contributed by atoms with van der Waals surface area (Å²) in [5, 5.41) is 8.82. The molecule has 100 valence electrons. The molecule has 0 aliphatic heterocycles. The van der Waals surface area contributed by atoms with Crippen molar-refractivity contribution in [2.45, 2.75) is 52.4 Å². The summed E-state index contributed by atoms with van der Waals surface area (Å²) >= 11 is 0. The van der Waals surface area contributed by atoms with E-state index in [1.807, 2.05) is 0 Å². The first-order valence-electron chi connectivity index (χ1n) is 6.56. The number of hydrogen-bond acceptors (Lipinski definition) is 3. The van der Waals surface area contributed by atoms with Crippen molar-refractivity contribution in [3.63, 3.8) is 0 Å². The van der Waals surface area contributed by atoms with Crippen LogP contribution in [0.15, 0.2) is 10.7 Å². The molecule has 0 atom stereocenters. The zero-order valence-corrected chi connectivity index (χ0v) is 11.3. The largest absolute Gasteiger partial charge is 0.476 e. The van der Waals surface area contributed by atoms with E-state index in [4.69, 9.17) is 9.52 Å². The van der Waals surface area contributed by atoms with E-state index in [2.05, 4.69) is 25.8 Å². The number of aromatic carboxylic acids is 1. The third kappa shape index (κ3) is 2.74. The molecule has 4 heteroatoms. The standard InChI is InChI=1S/C14H21NO3/c1-14(2,3)10-6-4-9(5-7-10)12-15-11(8-18-12)13(16)17/h8-10H,4-7H2,1-3H3,(H,16,17). The Morgan fingerprint density at radius 2 is 1.94 bits per heavy atom. The molecule has 18 heavy (non-hydrogen) atoms. The molecule has 0 amide bonds. The molecule has 2 rings (SSSR count). The van der Waals surface area contributed by atoms with Crippen LogP contribution in [0.4, 0.5) is 0 Å². The molecule has 1 N–H and O–H groups in total. The number of rotatable bonds is 2. The van der Waals surface area contributed by atoms with Crippen molar-refractivity contribution in [1.29, 1.82) is 0 Å². The van der Waals surface area contributed by atoms with Crippen LogP contribution >= 0.6 is 0 Å². The van der Waals surface area contributed by atoms with E-state index >= 15 is 0 Å². The van der Waals surface area contributed by atoms with Crippen molar-refractivity contribution >= 4 is 5.97 Å². The Hall–Kier alpha value is -1.32. The molecule has 1 saturated carbocycles. The van der Waals surface area contributed by atoms with Crippen LogP contribution in [-0.2, 0) is 0 Å². The van der Waals surface area contributed by atoms with Gasteiger partial charge in [0.05, 0.1) is 0 Å². The van der Waals surface area contributed by atoms with Crippen LogP contribution in [0.2, 0.25) is 0 Å². The average molecular weight is 251 g/mol. The molecule has 1 aliphatic carbocycles. The van der Waals surface area contributed by atoms with Crippen molar-refractivity contribution in [1.82, 2.24) is 4.98 Å². The summed E-state index contributed by atoms with van der Waals surface area (Å²) < 4.78 is 5.29. The summed E-state index contributed by atoms with van der Waals surface area (Å²) in [5.41, 5.74) is 0.372. The monoisotopic (exact) mass is 251 g/mol. The Labute approximate surface area is 107 Å². The summed E-state index contributed by atoms with van der Waals surface area (Å²) in [5.74, 6) is 0.604. The molecule has 4 nitrogen and oxygen atoms in total. The van der Waals surface area contributed by atoms with E-state index in [0.29, 0.717) is 11.3 Å². The van der Waals surface area contributed by atoms with Gasteiger partial charge in [-0.1, -0.05) is 20.8 Å². The third-order valence-corrected chi connectivity index (χ3v) is 4.04. The summed E-state index contributed by atoms with van der Waals surface area (Å²) in [6.07, 6.45) is 5.66. The Balaban J connectivity index is 1.99. The van der Waals surface area contributed by atoms with Crippen molar-refractivity contribution in [2.24, 2.45) is 11.3 Å². The first-order valence-corrected chi connectivity index (χ1v) is 6.56. The van der Waals surface area contributed by atoms with Crippen molar-refractivity contribution < 1.29 is 14.3 Å². The number of oxazole rings is 1. The summed E-state index contributed by atoms with van der Waals surface area (Å²) in [4.78, 5) is 14.8. The minimum atomic E-state index is -1.02. The number of nitrogens with zero attached hydrogens (tertiary/aromatic N) is 1. The minimum absolute atomic E-state index is 0.0166. The van der Waals surface area contributed by atoms with Crippen LogP contribution in [0.1, 0.15) is 68.8 Å². The lowest BCUT2D eigenvalue weighted by molar-refractivity contribution is 0.0690. The topological polar surface area (TPSA) is 63.3 Å². The third-order valence-electron chi connectivity index (χ3n) is 4.04. The van der Waals surface area contributed by atoms with Gasteiger partial charge in [0, 0.05) is 5.92 Å². The summed E-state index contributed by atoms with van der Waals surface area (Å²) in [6.45, 7) is 6.85. The highest BCUT2D eigenvalue weighted by atomic mass is 16.4. The lowest BCUT2D eigenvalue weighted by Crippen LogP contribution is -2.25. The Bertz CT molecular complexity index is 422. The van der Waals surface area contributed by atoms with Crippen LogP contribution in [0.5, 0.6) is 0 Å². The van der Waals surface area contributed by atoms with Crippen LogP contribution in [-0.4, -0.2) is 16.1 Å². The maximum atomic E-state index is 10.8. The Kier molecular flexibility index (Phi) is 3.46. The average Bonchev–Trinajstić information content (AvgIpc) is 2.77. The number of aromatic nitrogens is 1. The van der Waals surface area contributed by atoms with E-state index in [1.165, 1.54) is 19.1 Å². The molecule has 0 spiro atoms. The molecule has 1 aliphatic rings. The number of carboxylic acids is 1. The highest BCUT2D eigenvalue weighted by molar-refractivity contribution is 5.84. The molecule has 1 heterocycles. The zero-order valence-electron chi connectivity index (χ0n) is 11.3. The minimum Gasteiger partial charge on any atom is -0.476 e. The van der Waals surface area contributed by atoms with E-state index in [-0.39, 0.29) is 11.6 Å². The van der Waals surface area contributed by atoms with E-state index in [0.717, 1.165) is 18.8 Å². The number of carboxylic acid groups (broad SMARTS) is 1. The lowest BCUT2D eigenvalue weighted by Gasteiger charge is -2.36. The van der Waals surface area contributed by atoms with Crippen molar-refractivity contribution in [2.75, 3.05) is 0 Å². The van der Waals surface area contributed by atoms with Gasteiger partial charge in [-0.15, -0.1) is 0 Å². The highest BCUT2D eigenvalue weighted by Gasteiger charge is 2.32. The fourth-order valence-electron chi connectivity index (χ4n) is 2.78. The quantitative estimate of drug-likeness (QED) is 0.870. The van der Waals surface area contributed by atoms with E-state index in [9.17, 15) is 4.79 Å². The van der Waals surface area contributed by atoms with Crippen molar-refractivity contribution in [3.05, 3.63) is 17.8 Å². The fourth-order valence-corrected chi connectivity index (χ4v) is 2.78. The smallest absolute Gasteiger partial charge is 0.357 e. The molecule has 1 aromatic heterocycles. The van der Waals surface area contributed by atoms with Gasteiger partial charge in [0.2, 0.25) is 0 Å². The lowest BCUT2D eigenvalue weighted by atomic mass is 9.70. The molecule has 0 bridgehead atoms. The fraction of sp³-hybridized carbons (Fsp3) is 0.714. The number of hydrogen-bond donors (Lipinski definition) is 1. The SMILES string of the molecule is CC(C)(C)C1CCC(c2nc(C(=O)O)co2)CC1. The second kappa shape index (κ2) is 4.75. The second-order valence-corrected chi connectivity index (χ2v) is 6.29. The summed E-state index contributed by atoms with van der Waals surface area (Å²) in [6, 6.07) is 0. The van der Waals surface area contributed by atoms with E-state index in [1.54, 1.807) is 0 Å². The van der Waals surface area contributed by atoms with Gasteiger partial charge < -0.3 is 9.52 Å². The molecule has 0 saturated heterocycles. The van der Waals surface area contributed by atoms with Crippen LogP contribution < -0.4 is 0 Å². The zero-order chi connectivity index (χ0) is 13.3. The highest BCUT2D eigenvalue weighted by Crippen LogP contribution is 2.42. The predicted octanol–water partition coefficient (Wildman–Crippen LogP) is 3.69. The second-order valence-electron chi connectivity index (χ2n) is 6.29. The Morgan fingerprint density at radius 1 is 1.33 bits per heavy atom. The molecular formula is C14H21NO3. The van der Waals surface area contributed by atoms with Gasteiger partial charge in [-0.2, -0.15) is 0 Å². The predicted molar refractivity (Wildman–Crippen MR) is 67.6 cm³/mol. The Morgan fingerprint density at radius 3 is 2.39 bits per heavy atom. The van der Waals surface area contributed by atoms with E-state index < -0.39 is 5.97 Å². The first kappa shape index (κ1) is 13.1. The van der Waals surface area contributed by atoms with Crippen LogP contribution in [0, 0.1) is 11.3 Å². The molecular weight excluding hydrogens is 230 g/mol. The molecule has 1 aromatic rings. The van der Waals surface area contributed by atoms with Gasteiger partial charge in [-0.05, 0) is 37.0 Å². The van der Waals surface area contributed by atoms with Gasteiger partial charge >= 0.3 is 5.97 Å². The van der Waals surface area contributed by atoms with Gasteiger partial charge in [0.25, 0.3) is 0 Å². The molecule has 1 fully saturated rings. The summed E-state index contributed by atoms with van der Waals surface area (Å²) in [7, 11) is 0. The first-order chi connectivity index (χ1) is 8.38. The maximum absolute atomic E-state index is 10.8. The van der Waals surface area contributed by atoms with Gasteiger partial charge in [0.15, 0.2) is 11.6 Å². The van der Waals surface area contributed by atoms with Gasteiger partial charge in [-0.3, -0.25) is 0 Å². The van der Waals surface area contributed by atoms with Crippen LogP contribution in [0.25, 0.3) is 0 Å². The number of carbonyl (C=O) groups is 1. The molecule has 0 radical (unpaired) electrons. The van der Waals surface area contributed by atoms with Gasteiger partial charge in [-0.25, -0.2) is 9.78 Å². The van der Waals surface area contributed by atoms with Gasteiger partial charge in [0.1, 0.15) is 6.26 Å². The normalized spacial score (nSPS) is 25.1. The van der Waals surface area contributed by atoms with Crippen molar-refractivity contribution in [3.8, 4) is 0 Å². The van der Waals surface area contributed by atoms with Crippen LogP contribution in [0.3, 0.4) is 0 Å². The molecule has 0 unspecified atom stereocenters.